The van der Waals surface area contributed by atoms with Crippen LogP contribution in [-0.4, -0.2) is 65.7 Å². The zero-order valence-corrected chi connectivity index (χ0v) is 17.9. The molecule has 0 aliphatic carbocycles. The Morgan fingerprint density at radius 3 is 2.87 bits per heavy atom. The van der Waals surface area contributed by atoms with Crippen molar-refractivity contribution in [2.45, 2.75) is 0 Å². The van der Waals surface area contributed by atoms with E-state index >= 15 is 0 Å². The first kappa shape index (κ1) is 19.3. The minimum Gasteiger partial charge on any atom is -0.494 e. The van der Waals surface area contributed by atoms with Gasteiger partial charge >= 0.3 is 0 Å². The molecule has 1 fully saturated rings. The van der Waals surface area contributed by atoms with Crippen molar-refractivity contribution in [1.82, 2.24) is 15.2 Å². The van der Waals surface area contributed by atoms with Gasteiger partial charge in [-0.1, -0.05) is 45.4 Å². The first-order valence-corrected chi connectivity index (χ1v) is 10.8. The van der Waals surface area contributed by atoms with E-state index in [1.165, 1.54) is 0 Å². The molecule has 2 aliphatic heterocycles. The van der Waals surface area contributed by atoms with Gasteiger partial charge in [0.2, 0.25) is 0 Å². The van der Waals surface area contributed by atoms with Crippen LogP contribution in [0.15, 0.2) is 57.1 Å². The van der Waals surface area contributed by atoms with Gasteiger partial charge < -0.3 is 20.2 Å². The van der Waals surface area contributed by atoms with Crippen LogP contribution in [0.1, 0.15) is 11.1 Å². The number of halogens is 1. The fourth-order valence-corrected chi connectivity index (χ4v) is 4.31. The van der Waals surface area contributed by atoms with Crippen LogP contribution in [0, 0.1) is 0 Å². The smallest absolute Gasteiger partial charge is 0.199 e. The van der Waals surface area contributed by atoms with E-state index in [1.54, 1.807) is 0 Å². The third-order valence-corrected chi connectivity index (χ3v) is 5.95. The molecule has 0 radical (unpaired) electrons. The Balaban J connectivity index is 1.46. The van der Waals surface area contributed by atoms with Gasteiger partial charge in [0, 0.05) is 48.1 Å². The molecular weight excluding hydrogens is 446 g/mol. The second-order valence-electron chi connectivity index (χ2n) is 7.38. The van der Waals surface area contributed by atoms with Gasteiger partial charge in [0.25, 0.3) is 0 Å². The summed E-state index contributed by atoms with van der Waals surface area (Å²) in [5.74, 6) is 0.0724. The van der Waals surface area contributed by atoms with Crippen molar-refractivity contribution in [2.24, 2.45) is 10.1 Å². The highest BCUT2D eigenvalue weighted by atomic mass is 79.9. The van der Waals surface area contributed by atoms with Crippen LogP contribution in [0.2, 0.25) is 0 Å². The van der Waals surface area contributed by atoms with Gasteiger partial charge in [-0.15, -0.1) is 0 Å². The number of aromatic amines is 1. The fraction of sp³-hybridized carbons (Fsp3) is 0.273. The number of aromatic hydroxyl groups is 1. The number of piperazine rings is 1. The van der Waals surface area contributed by atoms with Crippen LogP contribution in [0.25, 0.3) is 10.9 Å². The van der Waals surface area contributed by atoms with Crippen LogP contribution < -0.4 is 5.32 Å². The normalized spacial score (nSPS) is 18.0. The number of benzene rings is 2. The first-order valence-electron chi connectivity index (χ1n) is 10.0. The molecule has 0 atom stereocenters. The number of fused-ring (bicyclic) bond motifs is 2. The largest absolute Gasteiger partial charge is 0.494 e. The van der Waals surface area contributed by atoms with E-state index in [4.69, 9.17) is 9.83 Å². The lowest BCUT2D eigenvalue weighted by Gasteiger charge is -2.26. The molecule has 5 rings (SSSR count). The van der Waals surface area contributed by atoms with Crippen LogP contribution in [0.5, 0.6) is 5.88 Å². The van der Waals surface area contributed by atoms with E-state index in [-0.39, 0.29) is 5.88 Å². The van der Waals surface area contributed by atoms with Crippen molar-refractivity contribution >= 4 is 43.9 Å². The molecule has 30 heavy (non-hydrogen) atoms. The van der Waals surface area contributed by atoms with Gasteiger partial charge in [-0.3, -0.25) is 4.90 Å². The summed E-state index contributed by atoms with van der Waals surface area (Å²) in [7, 11) is 0. The summed E-state index contributed by atoms with van der Waals surface area (Å²) in [4.78, 5) is 15.9. The minimum absolute atomic E-state index is 0.0724. The molecule has 3 heterocycles. The SMILES string of the molecule is Oc1[nH]c2cc(Br)ccc2c1C1=Nc2ccccc2C1=NOCCN1CCNCC1. The number of oxime groups is 1. The number of hydrogen-bond donors (Lipinski definition) is 3. The van der Waals surface area contributed by atoms with Crippen LogP contribution in [0.4, 0.5) is 5.69 Å². The van der Waals surface area contributed by atoms with Crippen LogP contribution in [0.3, 0.4) is 0 Å². The Morgan fingerprint density at radius 1 is 1.17 bits per heavy atom. The molecule has 7 nitrogen and oxygen atoms in total. The summed E-state index contributed by atoms with van der Waals surface area (Å²) in [6.45, 7) is 5.40. The maximum Gasteiger partial charge on any atom is 0.199 e. The van der Waals surface area contributed by atoms with Crippen molar-refractivity contribution in [3.63, 3.8) is 0 Å². The lowest BCUT2D eigenvalue weighted by Crippen LogP contribution is -2.44. The molecule has 0 spiro atoms. The third kappa shape index (κ3) is 3.62. The molecule has 154 valence electrons. The maximum atomic E-state index is 10.7. The average molecular weight is 468 g/mol. The van der Waals surface area contributed by atoms with Gasteiger partial charge in [-0.05, 0) is 18.2 Å². The molecule has 0 unspecified atom stereocenters. The summed E-state index contributed by atoms with van der Waals surface area (Å²) in [6, 6.07) is 13.7. The van der Waals surface area contributed by atoms with E-state index in [0.29, 0.717) is 23.6 Å². The Bertz CT molecular complexity index is 1150. The van der Waals surface area contributed by atoms with Crippen molar-refractivity contribution in [3.8, 4) is 5.88 Å². The summed E-state index contributed by atoms with van der Waals surface area (Å²) in [6.07, 6.45) is 0. The highest BCUT2D eigenvalue weighted by molar-refractivity contribution is 9.10. The highest BCUT2D eigenvalue weighted by Gasteiger charge is 2.29. The standard InChI is InChI=1S/C22H22BrN5O2/c23-14-5-6-15-18(13-14)26-22(29)19(15)21-20(16-3-1-2-4-17(16)25-21)27-30-12-11-28-9-7-24-8-10-28/h1-6,13,24,26,29H,7-12H2. The second-order valence-corrected chi connectivity index (χ2v) is 8.30. The van der Waals surface area contributed by atoms with Crippen LogP contribution in [-0.2, 0) is 4.84 Å². The van der Waals surface area contributed by atoms with E-state index < -0.39 is 0 Å². The summed E-state index contributed by atoms with van der Waals surface area (Å²) in [5, 5.41) is 19.4. The van der Waals surface area contributed by atoms with Crippen molar-refractivity contribution < 1.29 is 9.94 Å². The second kappa shape index (κ2) is 8.22. The molecule has 2 aromatic carbocycles. The van der Waals surface area contributed by atoms with Gasteiger partial charge in [0.1, 0.15) is 18.0 Å². The quantitative estimate of drug-likeness (QED) is 0.396. The number of nitrogens with one attached hydrogen (secondary N) is 2. The topological polar surface area (TPSA) is 85.2 Å². The third-order valence-electron chi connectivity index (χ3n) is 5.46. The number of H-pyrrole nitrogens is 1. The van der Waals surface area contributed by atoms with Crippen molar-refractivity contribution in [2.75, 3.05) is 39.3 Å². The van der Waals surface area contributed by atoms with E-state index in [2.05, 4.69) is 36.3 Å². The molecule has 1 aromatic heterocycles. The highest BCUT2D eigenvalue weighted by Crippen LogP contribution is 2.36. The molecule has 0 bridgehead atoms. The monoisotopic (exact) mass is 467 g/mol. The number of aliphatic imine (C=N–C) groups is 1. The van der Waals surface area contributed by atoms with Gasteiger partial charge in [-0.25, -0.2) is 4.99 Å². The zero-order chi connectivity index (χ0) is 20.5. The predicted molar refractivity (Wildman–Crippen MR) is 122 cm³/mol. The maximum absolute atomic E-state index is 10.7. The number of para-hydroxylation sites is 1. The van der Waals surface area contributed by atoms with Crippen molar-refractivity contribution in [1.29, 1.82) is 0 Å². The molecular formula is C22H22BrN5O2. The Kier molecular flexibility index (Phi) is 5.28. The molecule has 3 aromatic rings. The minimum atomic E-state index is 0.0724. The molecule has 0 amide bonds. The van der Waals surface area contributed by atoms with Gasteiger partial charge in [0.15, 0.2) is 5.88 Å². The predicted octanol–water partition coefficient (Wildman–Crippen LogP) is 3.40. The molecule has 2 aliphatic rings. The van der Waals surface area contributed by atoms with Gasteiger partial charge in [-0.2, -0.15) is 0 Å². The average Bonchev–Trinajstić information content (AvgIpc) is 3.27. The lowest BCUT2D eigenvalue weighted by molar-refractivity contribution is 0.106. The van der Waals surface area contributed by atoms with E-state index in [1.807, 2.05) is 42.5 Å². The molecule has 3 N–H and O–H groups in total. The first-order chi connectivity index (χ1) is 14.7. The van der Waals surface area contributed by atoms with Crippen molar-refractivity contribution in [3.05, 3.63) is 58.1 Å². The Morgan fingerprint density at radius 2 is 2.00 bits per heavy atom. The zero-order valence-electron chi connectivity index (χ0n) is 16.4. The molecule has 0 saturated carbocycles. The number of aromatic nitrogens is 1. The number of rotatable bonds is 5. The Hall–Kier alpha value is -2.68. The number of nitrogens with zero attached hydrogens (tertiary/aromatic N) is 3. The van der Waals surface area contributed by atoms with E-state index in [9.17, 15) is 5.11 Å². The lowest BCUT2D eigenvalue weighted by atomic mass is 10.0. The summed E-state index contributed by atoms with van der Waals surface area (Å²) in [5.41, 5.74) is 4.45. The molecule has 8 heteroatoms. The Labute approximate surface area is 182 Å². The molecule has 1 saturated heterocycles. The number of hydrogen-bond acceptors (Lipinski definition) is 6. The van der Waals surface area contributed by atoms with Gasteiger partial charge in [0.05, 0.1) is 16.8 Å². The summed E-state index contributed by atoms with van der Waals surface area (Å²) < 4.78 is 0.935. The van der Waals surface area contributed by atoms with E-state index in [0.717, 1.165) is 59.4 Å². The summed E-state index contributed by atoms with van der Waals surface area (Å²) >= 11 is 3.48. The van der Waals surface area contributed by atoms with Crippen LogP contribution >= 0.6 is 15.9 Å². The fourth-order valence-electron chi connectivity index (χ4n) is 3.95.